The molecule has 10 heavy (non-hydrogen) atoms. The molecule has 1 aliphatic heterocycles. The van der Waals surface area contributed by atoms with Crippen molar-refractivity contribution in [1.29, 1.82) is 0 Å². The van der Waals surface area contributed by atoms with Gasteiger partial charge in [-0.25, -0.2) is 4.39 Å². The summed E-state index contributed by atoms with van der Waals surface area (Å²) in [6.45, 7) is 5.46. The molecule has 0 bridgehead atoms. The Bertz CT molecular complexity index is 112. The van der Waals surface area contributed by atoms with E-state index < -0.39 is 5.67 Å². The van der Waals surface area contributed by atoms with E-state index in [0.717, 1.165) is 19.5 Å². The molecule has 1 N–H and O–H groups in total. The monoisotopic (exact) mass is 145 g/mol. The smallest absolute Gasteiger partial charge is 0.113 e. The average molecular weight is 145 g/mol. The number of hydrogen-bond donors (Lipinski definition) is 1. The zero-order chi connectivity index (χ0) is 7.61. The van der Waals surface area contributed by atoms with Gasteiger partial charge in [0.2, 0.25) is 0 Å². The van der Waals surface area contributed by atoms with Crippen molar-refractivity contribution in [3.8, 4) is 0 Å². The second kappa shape index (κ2) is 2.87. The lowest BCUT2D eigenvalue weighted by molar-refractivity contribution is 0.0653. The Kier molecular flexibility index (Phi) is 2.29. The van der Waals surface area contributed by atoms with Crippen molar-refractivity contribution < 1.29 is 4.39 Å². The second-order valence-corrected chi connectivity index (χ2v) is 3.34. The second-order valence-electron chi connectivity index (χ2n) is 3.34. The summed E-state index contributed by atoms with van der Waals surface area (Å²) in [5.41, 5.74) is -0.917. The molecule has 1 nitrogen and oxygen atoms in total. The number of piperidine rings is 1. The van der Waals surface area contributed by atoms with E-state index in [9.17, 15) is 4.39 Å². The highest BCUT2D eigenvalue weighted by Gasteiger charge is 2.34. The van der Waals surface area contributed by atoms with Crippen LogP contribution in [-0.2, 0) is 0 Å². The zero-order valence-corrected chi connectivity index (χ0v) is 6.78. The van der Waals surface area contributed by atoms with Crippen LogP contribution >= 0.6 is 0 Å². The van der Waals surface area contributed by atoms with Crippen LogP contribution in [0.25, 0.3) is 0 Å². The minimum atomic E-state index is -0.917. The van der Waals surface area contributed by atoms with Gasteiger partial charge in [0.25, 0.3) is 0 Å². The number of alkyl halides is 1. The van der Waals surface area contributed by atoms with Crippen LogP contribution in [0.5, 0.6) is 0 Å². The van der Waals surface area contributed by atoms with Crippen LogP contribution in [0.15, 0.2) is 0 Å². The SMILES string of the molecule is CCC1CNCCC1(C)F. The Morgan fingerprint density at radius 3 is 2.80 bits per heavy atom. The number of hydrogen-bond acceptors (Lipinski definition) is 1. The van der Waals surface area contributed by atoms with Crippen molar-refractivity contribution in [1.82, 2.24) is 5.32 Å². The van der Waals surface area contributed by atoms with Crippen LogP contribution in [-0.4, -0.2) is 18.8 Å². The van der Waals surface area contributed by atoms with E-state index in [0.29, 0.717) is 6.42 Å². The largest absolute Gasteiger partial charge is 0.316 e. The molecule has 1 rings (SSSR count). The summed E-state index contributed by atoms with van der Waals surface area (Å²) in [5.74, 6) is 0.223. The van der Waals surface area contributed by atoms with Gasteiger partial charge in [0.1, 0.15) is 5.67 Å². The highest BCUT2D eigenvalue weighted by atomic mass is 19.1. The van der Waals surface area contributed by atoms with E-state index in [-0.39, 0.29) is 5.92 Å². The molecule has 2 unspecified atom stereocenters. The Morgan fingerprint density at radius 1 is 1.70 bits per heavy atom. The molecule has 1 heterocycles. The van der Waals surface area contributed by atoms with Crippen molar-refractivity contribution in [3.63, 3.8) is 0 Å². The maximum Gasteiger partial charge on any atom is 0.113 e. The number of rotatable bonds is 1. The van der Waals surface area contributed by atoms with Gasteiger partial charge in [-0.1, -0.05) is 6.92 Å². The molecule has 60 valence electrons. The summed E-state index contributed by atoms with van der Waals surface area (Å²) >= 11 is 0. The fraction of sp³-hybridized carbons (Fsp3) is 1.00. The lowest BCUT2D eigenvalue weighted by atomic mass is 9.83. The molecule has 0 aliphatic carbocycles. The summed E-state index contributed by atoms with van der Waals surface area (Å²) in [4.78, 5) is 0. The normalized spacial score (nSPS) is 41.7. The van der Waals surface area contributed by atoms with Crippen LogP contribution < -0.4 is 5.32 Å². The molecule has 0 radical (unpaired) electrons. The summed E-state index contributed by atoms with van der Waals surface area (Å²) in [6.07, 6.45) is 1.62. The molecule has 1 aliphatic rings. The lowest BCUT2D eigenvalue weighted by Gasteiger charge is -2.34. The molecule has 0 saturated carbocycles. The fourth-order valence-corrected chi connectivity index (χ4v) is 1.60. The first kappa shape index (κ1) is 7.99. The van der Waals surface area contributed by atoms with Crippen LogP contribution in [0.3, 0.4) is 0 Å². The summed E-state index contributed by atoms with van der Waals surface area (Å²) in [6, 6.07) is 0. The van der Waals surface area contributed by atoms with Crippen molar-refractivity contribution >= 4 is 0 Å². The molecule has 0 amide bonds. The van der Waals surface area contributed by atoms with Crippen molar-refractivity contribution in [2.45, 2.75) is 32.4 Å². The molecule has 2 heteroatoms. The topological polar surface area (TPSA) is 12.0 Å². The third kappa shape index (κ3) is 1.48. The Morgan fingerprint density at radius 2 is 2.40 bits per heavy atom. The van der Waals surface area contributed by atoms with Gasteiger partial charge in [0.15, 0.2) is 0 Å². The molecule has 0 aromatic carbocycles. The summed E-state index contributed by atoms with van der Waals surface area (Å²) < 4.78 is 13.5. The van der Waals surface area contributed by atoms with Gasteiger partial charge in [0.05, 0.1) is 0 Å². The number of halogens is 1. The summed E-state index contributed by atoms with van der Waals surface area (Å²) in [5, 5.41) is 3.20. The molecule has 2 atom stereocenters. The van der Waals surface area contributed by atoms with Gasteiger partial charge < -0.3 is 5.32 Å². The van der Waals surface area contributed by atoms with Crippen molar-refractivity contribution in [3.05, 3.63) is 0 Å². The molecule has 1 saturated heterocycles. The van der Waals surface area contributed by atoms with Gasteiger partial charge in [-0.3, -0.25) is 0 Å². The van der Waals surface area contributed by atoms with Crippen LogP contribution in [0, 0.1) is 5.92 Å². The minimum absolute atomic E-state index is 0.223. The van der Waals surface area contributed by atoms with Gasteiger partial charge in [-0.2, -0.15) is 0 Å². The highest BCUT2D eigenvalue weighted by Crippen LogP contribution is 2.29. The zero-order valence-electron chi connectivity index (χ0n) is 6.78. The molecule has 0 aromatic heterocycles. The maximum absolute atomic E-state index is 13.5. The minimum Gasteiger partial charge on any atom is -0.316 e. The van der Waals surface area contributed by atoms with E-state index in [1.807, 2.05) is 0 Å². The van der Waals surface area contributed by atoms with Crippen molar-refractivity contribution in [2.24, 2.45) is 5.92 Å². The first-order valence-electron chi connectivity index (χ1n) is 4.06. The molecular weight excluding hydrogens is 129 g/mol. The Balaban J connectivity index is 2.51. The molecule has 1 fully saturated rings. The van der Waals surface area contributed by atoms with Crippen LogP contribution in [0.1, 0.15) is 26.7 Å². The van der Waals surface area contributed by atoms with Crippen LogP contribution in [0.4, 0.5) is 4.39 Å². The standard InChI is InChI=1S/C8H16FN/c1-3-7-6-10-5-4-8(7,2)9/h7,10H,3-6H2,1-2H3. The molecule has 0 aromatic rings. The highest BCUT2D eigenvalue weighted by molar-refractivity contribution is 4.87. The predicted octanol–water partition coefficient (Wildman–Crippen LogP) is 1.73. The van der Waals surface area contributed by atoms with E-state index in [2.05, 4.69) is 12.2 Å². The van der Waals surface area contributed by atoms with Gasteiger partial charge >= 0.3 is 0 Å². The molecule has 0 spiro atoms. The van der Waals surface area contributed by atoms with Crippen molar-refractivity contribution in [2.75, 3.05) is 13.1 Å². The first-order valence-corrected chi connectivity index (χ1v) is 4.06. The molecular formula is C8H16FN. The van der Waals surface area contributed by atoms with E-state index >= 15 is 0 Å². The average Bonchev–Trinajstić information content (AvgIpc) is 1.87. The maximum atomic E-state index is 13.5. The van der Waals surface area contributed by atoms with Gasteiger partial charge in [0, 0.05) is 12.5 Å². The Hall–Kier alpha value is -0.110. The number of nitrogens with one attached hydrogen (secondary N) is 1. The quantitative estimate of drug-likeness (QED) is 0.592. The van der Waals surface area contributed by atoms with Gasteiger partial charge in [-0.15, -0.1) is 0 Å². The van der Waals surface area contributed by atoms with Gasteiger partial charge in [-0.05, 0) is 26.3 Å². The van der Waals surface area contributed by atoms with E-state index in [1.54, 1.807) is 6.92 Å². The first-order chi connectivity index (χ1) is 4.67. The third-order valence-electron chi connectivity index (χ3n) is 2.53. The van der Waals surface area contributed by atoms with E-state index in [4.69, 9.17) is 0 Å². The predicted molar refractivity (Wildman–Crippen MR) is 40.8 cm³/mol. The van der Waals surface area contributed by atoms with E-state index in [1.165, 1.54) is 0 Å². The third-order valence-corrected chi connectivity index (χ3v) is 2.53. The Labute approximate surface area is 62.0 Å². The fourth-order valence-electron chi connectivity index (χ4n) is 1.60. The van der Waals surface area contributed by atoms with Crippen LogP contribution in [0.2, 0.25) is 0 Å². The summed E-state index contributed by atoms with van der Waals surface area (Å²) in [7, 11) is 0. The lowest BCUT2D eigenvalue weighted by Crippen LogP contribution is -2.45.